The van der Waals surface area contributed by atoms with Gasteiger partial charge in [0.15, 0.2) is 17.2 Å². The average Bonchev–Trinajstić information content (AvgIpc) is 3.26. The summed E-state index contributed by atoms with van der Waals surface area (Å²) in [7, 11) is 3.47. The van der Waals surface area contributed by atoms with Gasteiger partial charge in [-0.2, -0.15) is 5.26 Å². The van der Waals surface area contributed by atoms with Gasteiger partial charge in [0.05, 0.1) is 18.2 Å². The van der Waals surface area contributed by atoms with Gasteiger partial charge in [-0.1, -0.05) is 24.8 Å². The first-order valence-electron chi connectivity index (χ1n) is 12.0. The van der Waals surface area contributed by atoms with Gasteiger partial charge in [0.2, 0.25) is 11.8 Å². The number of ether oxygens (including phenoxy) is 2. The monoisotopic (exact) mass is 516 g/mol. The smallest absolute Gasteiger partial charge is 0.247 e. The summed E-state index contributed by atoms with van der Waals surface area (Å²) in [6, 6.07) is 20.7. The molecule has 2 aromatic carbocycles. The molecule has 0 aliphatic rings. The van der Waals surface area contributed by atoms with Crippen LogP contribution in [0.4, 0.5) is 5.69 Å². The molecular weight excluding hydrogens is 492 g/mol. The molecule has 0 atom stereocenters. The van der Waals surface area contributed by atoms with E-state index in [9.17, 15) is 10.1 Å². The number of carbonyl (C=O) groups is 1. The summed E-state index contributed by atoms with van der Waals surface area (Å²) in [5, 5.41) is 13.3. The number of nitrogens with one attached hydrogen (secondary N) is 1. The highest BCUT2D eigenvalue weighted by Gasteiger charge is 2.23. The van der Waals surface area contributed by atoms with Crippen molar-refractivity contribution < 1.29 is 14.3 Å². The van der Waals surface area contributed by atoms with Crippen molar-refractivity contribution >= 4 is 22.6 Å². The van der Waals surface area contributed by atoms with Gasteiger partial charge in [0, 0.05) is 35.6 Å². The van der Waals surface area contributed by atoms with Crippen LogP contribution in [0, 0.1) is 18.3 Å². The van der Waals surface area contributed by atoms with Crippen LogP contribution in [0.25, 0.3) is 33.4 Å². The summed E-state index contributed by atoms with van der Waals surface area (Å²) < 4.78 is 13.6. The Kier molecular flexibility index (Phi) is 6.76. The number of fused-ring (bicyclic) bond motifs is 1. The third-order valence-electron chi connectivity index (χ3n) is 6.21. The van der Waals surface area contributed by atoms with Gasteiger partial charge in [-0.25, -0.2) is 15.0 Å². The van der Waals surface area contributed by atoms with Crippen molar-refractivity contribution in [1.82, 2.24) is 19.5 Å². The molecule has 0 aliphatic carbocycles. The fourth-order valence-corrected chi connectivity index (χ4v) is 4.46. The van der Waals surface area contributed by atoms with Crippen molar-refractivity contribution in [2.45, 2.75) is 6.92 Å². The Morgan fingerprint density at radius 1 is 1.08 bits per heavy atom. The molecule has 3 heterocycles. The number of benzene rings is 2. The van der Waals surface area contributed by atoms with Gasteiger partial charge < -0.3 is 19.4 Å². The third-order valence-corrected chi connectivity index (χ3v) is 6.21. The molecule has 39 heavy (non-hydrogen) atoms. The van der Waals surface area contributed by atoms with E-state index in [2.05, 4.69) is 32.9 Å². The van der Waals surface area contributed by atoms with Gasteiger partial charge in [-0.05, 0) is 55.0 Å². The van der Waals surface area contributed by atoms with E-state index < -0.39 is 0 Å². The summed E-state index contributed by atoms with van der Waals surface area (Å²) in [4.78, 5) is 24.9. The zero-order chi connectivity index (χ0) is 27.5. The number of pyridine rings is 1. The molecule has 0 saturated heterocycles. The number of aryl methyl sites for hydroxylation is 2. The number of hydrogen-bond donors (Lipinski definition) is 1. The van der Waals surface area contributed by atoms with Gasteiger partial charge in [0.25, 0.3) is 0 Å². The molecule has 9 nitrogen and oxygen atoms in total. The highest BCUT2D eigenvalue weighted by atomic mass is 16.5. The molecule has 5 rings (SSSR count). The number of rotatable bonds is 7. The highest BCUT2D eigenvalue weighted by Crippen LogP contribution is 2.43. The van der Waals surface area contributed by atoms with E-state index in [1.54, 1.807) is 25.3 Å². The Labute approximate surface area is 225 Å². The number of methoxy groups -OCH3 is 1. The molecule has 0 spiro atoms. The van der Waals surface area contributed by atoms with Crippen molar-refractivity contribution in [2.75, 3.05) is 12.4 Å². The van der Waals surface area contributed by atoms with E-state index in [0.29, 0.717) is 34.1 Å². The molecule has 3 aromatic heterocycles. The van der Waals surface area contributed by atoms with E-state index in [1.807, 2.05) is 61.0 Å². The number of hydrogen-bond acceptors (Lipinski definition) is 7. The number of carbonyl (C=O) groups excluding carboxylic acids is 1. The lowest BCUT2D eigenvalue weighted by Gasteiger charge is -2.14. The minimum absolute atomic E-state index is 0.262. The Bertz CT molecular complexity index is 1770. The fraction of sp³-hybridized carbons (Fsp3) is 0.100. The standard InChI is InChI=1S/C30H24N6O3/c1-5-25(37)35-21-12-9-19(10-13-21)27-28-22(16-31)32-17-33-30(28)36(3)29(27)20-11-14-23(24(15-20)38-4)39-26-8-6-7-18(2)34-26/h5-15,17H,1H2,2-4H3,(H,35,37). The minimum Gasteiger partial charge on any atom is -0.493 e. The van der Waals surface area contributed by atoms with Crippen molar-refractivity contribution in [3.63, 3.8) is 0 Å². The highest BCUT2D eigenvalue weighted by molar-refractivity contribution is 6.06. The van der Waals surface area contributed by atoms with E-state index >= 15 is 0 Å². The first kappa shape index (κ1) is 25.2. The molecule has 0 fully saturated rings. The molecule has 0 radical (unpaired) electrons. The lowest BCUT2D eigenvalue weighted by Crippen LogP contribution is -2.06. The van der Waals surface area contributed by atoms with Crippen molar-refractivity contribution in [3.8, 4) is 45.8 Å². The molecule has 9 heteroatoms. The molecule has 0 saturated carbocycles. The molecule has 0 unspecified atom stereocenters. The number of nitrogens with zero attached hydrogens (tertiary/aromatic N) is 5. The number of nitriles is 1. The minimum atomic E-state index is -0.302. The predicted molar refractivity (Wildman–Crippen MR) is 149 cm³/mol. The zero-order valence-corrected chi connectivity index (χ0v) is 21.6. The maximum atomic E-state index is 11.7. The normalized spacial score (nSPS) is 10.6. The Morgan fingerprint density at radius 3 is 2.54 bits per heavy atom. The quantitative estimate of drug-likeness (QED) is 0.272. The van der Waals surface area contributed by atoms with Crippen LogP contribution in [0.5, 0.6) is 17.4 Å². The molecule has 192 valence electrons. The number of aromatic nitrogens is 4. The molecule has 1 amide bonds. The molecule has 1 N–H and O–H groups in total. The second-order valence-corrected chi connectivity index (χ2v) is 8.67. The summed E-state index contributed by atoms with van der Waals surface area (Å²) in [6.07, 6.45) is 2.60. The first-order valence-corrected chi connectivity index (χ1v) is 12.0. The molecular formula is C30H24N6O3. The maximum absolute atomic E-state index is 11.7. The maximum Gasteiger partial charge on any atom is 0.247 e. The van der Waals surface area contributed by atoms with Crippen LogP contribution in [-0.4, -0.2) is 32.5 Å². The van der Waals surface area contributed by atoms with Gasteiger partial charge in [0.1, 0.15) is 18.0 Å². The van der Waals surface area contributed by atoms with Crippen LogP contribution >= 0.6 is 0 Å². The second kappa shape index (κ2) is 10.5. The van der Waals surface area contributed by atoms with Crippen LogP contribution in [-0.2, 0) is 11.8 Å². The van der Waals surface area contributed by atoms with Crippen LogP contribution in [0.1, 0.15) is 11.4 Å². The van der Waals surface area contributed by atoms with Crippen molar-refractivity contribution in [2.24, 2.45) is 7.05 Å². The van der Waals surface area contributed by atoms with Gasteiger partial charge in [-0.15, -0.1) is 0 Å². The predicted octanol–water partition coefficient (Wildman–Crippen LogP) is 5.80. The second-order valence-electron chi connectivity index (χ2n) is 8.67. The molecule has 0 bridgehead atoms. The van der Waals surface area contributed by atoms with E-state index in [4.69, 9.17) is 9.47 Å². The fourth-order valence-electron chi connectivity index (χ4n) is 4.46. The summed E-state index contributed by atoms with van der Waals surface area (Å²) in [6.45, 7) is 5.38. The topological polar surface area (TPSA) is 115 Å². The zero-order valence-electron chi connectivity index (χ0n) is 21.6. The summed E-state index contributed by atoms with van der Waals surface area (Å²) in [5.41, 5.74) is 5.56. The van der Waals surface area contributed by atoms with Crippen molar-refractivity contribution in [1.29, 1.82) is 5.26 Å². The summed E-state index contributed by atoms with van der Waals surface area (Å²) >= 11 is 0. The van der Waals surface area contributed by atoms with Gasteiger partial charge >= 0.3 is 0 Å². The van der Waals surface area contributed by atoms with Crippen LogP contribution < -0.4 is 14.8 Å². The van der Waals surface area contributed by atoms with Crippen molar-refractivity contribution in [3.05, 3.63) is 91.0 Å². The van der Waals surface area contributed by atoms with Crippen LogP contribution in [0.3, 0.4) is 0 Å². The van der Waals surface area contributed by atoms with E-state index in [1.165, 1.54) is 12.4 Å². The average molecular weight is 517 g/mol. The largest absolute Gasteiger partial charge is 0.493 e. The SMILES string of the molecule is C=CC(=O)Nc1ccc(-c2c(-c3ccc(Oc4cccc(C)n4)c(OC)c3)n(C)c3ncnc(C#N)c23)cc1. The van der Waals surface area contributed by atoms with Crippen LogP contribution in [0.15, 0.2) is 79.6 Å². The lowest BCUT2D eigenvalue weighted by atomic mass is 9.97. The lowest BCUT2D eigenvalue weighted by molar-refractivity contribution is -0.111. The molecule has 0 aliphatic heterocycles. The number of anilines is 1. The van der Waals surface area contributed by atoms with Crippen LogP contribution in [0.2, 0.25) is 0 Å². The third kappa shape index (κ3) is 4.79. The van der Waals surface area contributed by atoms with E-state index in [-0.39, 0.29) is 11.6 Å². The number of amides is 1. The Morgan fingerprint density at radius 2 is 1.85 bits per heavy atom. The van der Waals surface area contributed by atoms with E-state index in [0.717, 1.165) is 28.1 Å². The first-order chi connectivity index (χ1) is 18.9. The molecule has 5 aromatic rings. The summed E-state index contributed by atoms with van der Waals surface area (Å²) in [5.74, 6) is 1.19. The Hall–Kier alpha value is -5.49. The van der Waals surface area contributed by atoms with Gasteiger partial charge in [-0.3, -0.25) is 4.79 Å². The Balaban J connectivity index is 1.67.